The molecule has 0 aliphatic carbocycles. The summed E-state index contributed by atoms with van der Waals surface area (Å²) in [5.41, 5.74) is 1.96. The Morgan fingerprint density at radius 3 is 3.09 bits per heavy atom. The number of aromatic nitrogens is 5. The van der Waals surface area contributed by atoms with Crippen LogP contribution in [0.25, 0.3) is 22.5 Å². The quantitative estimate of drug-likeness (QED) is 0.731. The van der Waals surface area contributed by atoms with Gasteiger partial charge in [-0.1, -0.05) is 23.5 Å². The number of hydrogen-bond acceptors (Lipinski definition) is 6. The summed E-state index contributed by atoms with van der Waals surface area (Å²) < 4.78 is 6.48. The van der Waals surface area contributed by atoms with E-state index >= 15 is 0 Å². The van der Waals surface area contributed by atoms with E-state index in [0.717, 1.165) is 34.0 Å². The molecule has 3 aromatic heterocycles. The average Bonchev–Trinajstić information content (AvgIpc) is 3.18. The largest absolute Gasteiger partial charge is 0.464 e. The van der Waals surface area contributed by atoms with Gasteiger partial charge in [0.1, 0.15) is 26.7 Å². The van der Waals surface area contributed by atoms with Crippen molar-refractivity contribution in [2.75, 3.05) is 7.11 Å². The number of ether oxygens (including phenoxy) is 1. The van der Waals surface area contributed by atoms with E-state index in [1.54, 1.807) is 6.07 Å². The van der Waals surface area contributed by atoms with Gasteiger partial charge >= 0.3 is 5.97 Å². The van der Waals surface area contributed by atoms with Gasteiger partial charge in [0, 0.05) is 6.54 Å². The van der Waals surface area contributed by atoms with E-state index in [1.165, 1.54) is 18.4 Å². The van der Waals surface area contributed by atoms with Crippen LogP contribution in [0.2, 0.25) is 0 Å². The molecule has 114 valence electrons. The van der Waals surface area contributed by atoms with E-state index in [0.29, 0.717) is 5.69 Å². The second-order valence-electron chi connectivity index (χ2n) is 4.68. The Labute approximate surface area is 130 Å². The lowest BCUT2D eigenvalue weighted by molar-refractivity contribution is 0.0595. The zero-order valence-corrected chi connectivity index (χ0v) is 13.1. The number of esters is 1. The van der Waals surface area contributed by atoms with Crippen LogP contribution in [0.3, 0.4) is 0 Å². The molecule has 0 aliphatic heterocycles. The van der Waals surface area contributed by atoms with Gasteiger partial charge in [0.05, 0.1) is 13.3 Å². The number of nitrogens with zero attached hydrogens (tertiary/aromatic N) is 4. The van der Waals surface area contributed by atoms with Crippen LogP contribution in [0.4, 0.5) is 0 Å². The van der Waals surface area contributed by atoms with Crippen molar-refractivity contribution in [1.29, 1.82) is 0 Å². The molecule has 0 fully saturated rings. The third-order valence-corrected chi connectivity index (χ3v) is 3.96. The van der Waals surface area contributed by atoms with Crippen molar-refractivity contribution < 1.29 is 9.53 Å². The Balaban J connectivity index is 1.77. The Morgan fingerprint density at radius 2 is 2.36 bits per heavy atom. The van der Waals surface area contributed by atoms with E-state index in [9.17, 15) is 4.79 Å². The normalized spacial score (nSPS) is 11.5. The molecule has 22 heavy (non-hydrogen) atoms. The fraction of sp³-hybridized carbons (Fsp3) is 0.286. The Kier molecular flexibility index (Phi) is 4.01. The van der Waals surface area contributed by atoms with Crippen molar-refractivity contribution in [1.82, 2.24) is 25.0 Å². The molecule has 0 amide bonds. The van der Waals surface area contributed by atoms with Crippen LogP contribution in [-0.4, -0.2) is 38.0 Å². The fourth-order valence-electron chi connectivity index (χ4n) is 2.01. The van der Waals surface area contributed by atoms with Gasteiger partial charge < -0.3 is 9.72 Å². The van der Waals surface area contributed by atoms with Gasteiger partial charge in [-0.3, -0.25) is 4.68 Å². The van der Waals surface area contributed by atoms with Gasteiger partial charge in [0.15, 0.2) is 0 Å². The number of methoxy groups -OCH3 is 1. The van der Waals surface area contributed by atoms with Crippen molar-refractivity contribution in [3.05, 3.63) is 28.7 Å². The molecule has 0 saturated heterocycles. The molecule has 0 aromatic carbocycles. The molecular weight excluding hydrogens is 302 g/mol. The van der Waals surface area contributed by atoms with Gasteiger partial charge in [-0.05, 0) is 24.6 Å². The smallest absolute Gasteiger partial charge is 0.354 e. The predicted octanol–water partition coefficient (Wildman–Crippen LogP) is 2.58. The monoisotopic (exact) mass is 317 g/mol. The highest BCUT2D eigenvalue weighted by molar-refractivity contribution is 7.19. The number of fused-ring (bicyclic) bond motifs is 1. The topological polar surface area (TPSA) is 85.7 Å². The lowest BCUT2D eigenvalue weighted by Gasteiger charge is -1.92. The summed E-state index contributed by atoms with van der Waals surface area (Å²) in [7, 11) is 1.35. The van der Waals surface area contributed by atoms with Gasteiger partial charge in [-0.25, -0.2) is 9.78 Å². The summed E-state index contributed by atoms with van der Waals surface area (Å²) in [6, 6.07) is 1.69. The highest BCUT2D eigenvalue weighted by Crippen LogP contribution is 2.24. The first-order valence-corrected chi connectivity index (χ1v) is 7.67. The van der Waals surface area contributed by atoms with Crippen LogP contribution < -0.4 is 0 Å². The first-order chi connectivity index (χ1) is 10.7. The average molecular weight is 317 g/mol. The summed E-state index contributed by atoms with van der Waals surface area (Å²) in [5.74, 6) is -0.394. The van der Waals surface area contributed by atoms with Gasteiger partial charge in [0.25, 0.3) is 0 Å². The number of carbonyl (C=O) groups excluding carboxylic acids is 1. The summed E-state index contributed by atoms with van der Waals surface area (Å²) >= 11 is 1.47. The molecule has 0 atom stereocenters. The fourth-order valence-corrected chi connectivity index (χ4v) is 2.87. The third kappa shape index (κ3) is 2.91. The minimum Gasteiger partial charge on any atom is -0.464 e. The second kappa shape index (κ2) is 6.10. The molecule has 0 aliphatic rings. The van der Waals surface area contributed by atoms with Crippen LogP contribution in [0, 0.1) is 0 Å². The number of nitrogens with one attached hydrogen (secondary N) is 1. The maximum absolute atomic E-state index is 11.4. The van der Waals surface area contributed by atoms with Crippen LogP contribution >= 0.6 is 11.3 Å². The third-order valence-electron chi connectivity index (χ3n) is 3.01. The molecule has 0 spiro atoms. The van der Waals surface area contributed by atoms with Crippen LogP contribution in [0.15, 0.2) is 12.3 Å². The molecule has 0 unspecified atom stereocenters. The molecule has 3 rings (SSSR count). The maximum atomic E-state index is 11.4. The Hall–Kier alpha value is -2.48. The minimum absolute atomic E-state index is 0.394. The molecule has 8 heteroatoms. The van der Waals surface area contributed by atoms with Crippen molar-refractivity contribution in [3.8, 4) is 0 Å². The number of H-pyrrole nitrogens is 1. The number of aryl methyl sites for hydroxylation is 1. The van der Waals surface area contributed by atoms with E-state index in [2.05, 4.69) is 31.9 Å². The van der Waals surface area contributed by atoms with E-state index in [4.69, 9.17) is 0 Å². The lowest BCUT2D eigenvalue weighted by atomic mass is 10.4. The molecule has 7 nitrogen and oxygen atoms in total. The van der Waals surface area contributed by atoms with Gasteiger partial charge in [-0.15, -0.1) is 5.10 Å². The molecule has 3 aromatic rings. The van der Waals surface area contributed by atoms with Crippen molar-refractivity contribution >= 4 is 39.8 Å². The SMILES string of the molecule is CCCn1cc(/C=C/c2nc3cc(C(=O)OC)[nH]c3s2)nn1. The number of rotatable bonds is 5. The number of hydrogen-bond donors (Lipinski definition) is 1. The molecule has 3 heterocycles. The molecule has 0 bridgehead atoms. The van der Waals surface area contributed by atoms with Crippen molar-refractivity contribution in [3.63, 3.8) is 0 Å². The van der Waals surface area contributed by atoms with Crippen LogP contribution in [-0.2, 0) is 11.3 Å². The van der Waals surface area contributed by atoms with E-state index in [1.807, 2.05) is 23.0 Å². The second-order valence-corrected chi connectivity index (χ2v) is 5.71. The van der Waals surface area contributed by atoms with Gasteiger partial charge in [0.2, 0.25) is 0 Å². The summed E-state index contributed by atoms with van der Waals surface area (Å²) in [6.07, 6.45) is 6.68. The van der Waals surface area contributed by atoms with Crippen LogP contribution in [0.5, 0.6) is 0 Å². The Morgan fingerprint density at radius 1 is 1.50 bits per heavy atom. The highest BCUT2D eigenvalue weighted by atomic mass is 32.1. The zero-order chi connectivity index (χ0) is 15.5. The molecule has 0 radical (unpaired) electrons. The highest BCUT2D eigenvalue weighted by Gasteiger charge is 2.12. The number of carbonyl (C=O) groups is 1. The summed E-state index contributed by atoms with van der Waals surface area (Å²) in [5, 5.41) is 8.94. The zero-order valence-electron chi connectivity index (χ0n) is 12.2. The first kappa shape index (κ1) is 14.5. The molecular formula is C14H15N5O2S. The summed E-state index contributed by atoms with van der Waals surface area (Å²) in [6.45, 7) is 2.95. The standard InChI is InChI=1S/C14H15N5O2S/c1-3-6-19-8-9(17-18-19)4-5-12-15-10-7-11(14(20)21-2)16-13(10)22-12/h4-5,7-8,16H,3,6H2,1-2H3/b5-4+. The van der Waals surface area contributed by atoms with Crippen molar-refractivity contribution in [2.45, 2.75) is 19.9 Å². The number of thiazole rings is 1. The predicted molar refractivity (Wildman–Crippen MR) is 84.6 cm³/mol. The Bertz CT molecular complexity index is 798. The first-order valence-electron chi connectivity index (χ1n) is 6.85. The minimum atomic E-state index is -0.394. The van der Waals surface area contributed by atoms with Crippen molar-refractivity contribution in [2.24, 2.45) is 0 Å². The van der Waals surface area contributed by atoms with E-state index < -0.39 is 5.97 Å². The summed E-state index contributed by atoms with van der Waals surface area (Å²) in [4.78, 5) is 19.7. The van der Waals surface area contributed by atoms with Crippen LogP contribution in [0.1, 0.15) is 34.5 Å². The maximum Gasteiger partial charge on any atom is 0.354 e. The molecule has 0 saturated carbocycles. The molecule has 1 N–H and O–H groups in total. The number of aromatic amines is 1. The van der Waals surface area contributed by atoms with Gasteiger partial charge in [-0.2, -0.15) is 0 Å². The van der Waals surface area contributed by atoms with E-state index in [-0.39, 0.29) is 0 Å². The lowest BCUT2D eigenvalue weighted by Crippen LogP contribution is -2.00.